The minimum Gasteiger partial charge on any atom is -0.452 e. The predicted molar refractivity (Wildman–Crippen MR) is 86.0 cm³/mol. The van der Waals surface area contributed by atoms with Gasteiger partial charge in [0, 0.05) is 12.7 Å². The van der Waals surface area contributed by atoms with Crippen LogP contribution in [-0.4, -0.2) is 23.3 Å². The Morgan fingerprint density at radius 3 is 2.67 bits per heavy atom. The fourth-order valence-corrected chi connectivity index (χ4v) is 2.17. The van der Waals surface area contributed by atoms with E-state index in [0.717, 1.165) is 11.1 Å². The zero-order valence-corrected chi connectivity index (χ0v) is 13.1. The first-order valence-electron chi connectivity index (χ1n) is 7.39. The molecule has 0 atom stereocenters. The molecule has 0 aliphatic rings. The number of ether oxygens (including phenoxy) is 2. The molecule has 0 aliphatic carbocycles. The molecule has 1 heterocycles. The fraction of sp³-hybridized carbons (Fsp3) is 0.167. The van der Waals surface area contributed by atoms with Crippen LogP contribution in [0.5, 0.6) is 0 Å². The van der Waals surface area contributed by atoms with Gasteiger partial charge in [0.15, 0.2) is 6.61 Å². The molecule has 6 nitrogen and oxygen atoms in total. The summed E-state index contributed by atoms with van der Waals surface area (Å²) < 4.78 is 15.8. The molecule has 3 rings (SSSR count). The average Bonchev–Trinajstić information content (AvgIpc) is 3.10. The number of methoxy groups -OCH3 is 1. The van der Waals surface area contributed by atoms with E-state index in [1.54, 1.807) is 25.3 Å². The Kier molecular flexibility index (Phi) is 4.98. The first-order chi connectivity index (χ1) is 11.8. The molecule has 0 saturated heterocycles. The van der Waals surface area contributed by atoms with Gasteiger partial charge in [-0.1, -0.05) is 30.3 Å². The molecule has 122 valence electrons. The second kappa shape index (κ2) is 7.52. The topological polar surface area (TPSA) is 74.5 Å². The number of benzene rings is 2. The van der Waals surface area contributed by atoms with Crippen LogP contribution in [0.3, 0.4) is 0 Å². The number of carbonyl (C=O) groups is 1. The van der Waals surface area contributed by atoms with Crippen molar-refractivity contribution in [2.45, 2.75) is 13.2 Å². The molecule has 0 unspecified atom stereocenters. The van der Waals surface area contributed by atoms with Crippen molar-refractivity contribution in [3.63, 3.8) is 0 Å². The molecule has 0 bridgehead atoms. The number of carbonyl (C=O) groups excluding carboxylic acids is 1. The molecule has 2 aromatic carbocycles. The smallest absolute Gasteiger partial charge is 0.338 e. The summed E-state index contributed by atoms with van der Waals surface area (Å²) in [6.45, 7) is 0.360. The van der Waals surface area contributed by atoms with Crippen LogP contribution >= 0.6 is 0 Å². The van der Waals surface area contributed by atoms with Crippen molar-refractivity contribution in [2.24, 2.45) is 0 Å². The van der Waals surface area contributed by atoms with E-state index < -0.39 is 5.97 Å². The SMILES string of the molecule is COCc1cccc(C(=O)OCc2nnc(-c3ccccc3)o2)c1. The maximum Gasteiger partial charge on any atom is 0.338 e. The molecule has 0 radical (unpaired) electrons. The van der Waals surface area contributed by atoms with E-state index in [-0.39, 0.29) is 12.5 Å². The second-order valence-electron chi connectivity index (χ2n) is 5.08. The van der Waals surface area contributed by atoms with Gasteiger partial charge in [-0.3, -0.25) is 0 Å². The maximum atomic E-state index is 12.1. The van der Waals surface area contributed by atoms with Gasteiger partial charge < -0.3 is 13.9 Å². The Morgan fingerprint density at radius 1 is 1.04 bits per heavy atom. The number of hydrogen-bond acceptors (Lipinski definition) is 6. The maximum absolute atomic E-state index is 12.1. The second-order valence-corrected chi connectivity index (χ2v) is 5.08. The van der Waals surface area contributed by atoms with Crippen LogP contribution < -0.4 is 0 Å². The highest BCUT2D eigenvalue weighted by Crippen LogP contribution is 2.17. The lowest BCUT2D eigenvalue weighted by Gasteiger charge is -2.04. The number of nitrogens with zero attached hydrogens (tertiary/aromatic N) is 2. The Balaban J connectivity index is 1.62. The minimum absolute atomic E-state index is 0.0762. The third kappa shape index (κ3) is 3.85. The van der Waals surface area contributed by atoms with Crippen LogP contribution in [0, 0.1) is 0 Å². The largest absolute Gasteiger partial charge is 0.452 e. The van der Waals surface area contributed by atoms with Gasteiger partial charge in [0.1, 0.15) is 0 Å². The van der Waals surface area contributed by atoms with E-state index >= 15 is 0 Å². The highest BCUT2D eigenvalue weighted by Gasteiger charge is 2.12. The van der Waals surface area contributed by atoms with Crippen molar-refractivity contribution in [3.8, 4) is 11.5 Å². The summed E-state index contributed by atoms with van der Waals surface area (Å²) in [5, 5.41) is 7.84. The van der Waals surface area contributed by atoms with Crippen LogP contribution in [0.25, 0.3) is 11.5 Å². The lowest BCUT2D eigenvalue weighted by molar-refractivity contribution is 0.0438. The molecule has 0 amide bonds. The molecule has 3 aromatic rings. The monoisotopic (exact) mass is 324 g/mol. The van der Waals surface area contributed by atoms with Gasteiger partial charge in [-0.25, -0.2) is 4.79 Å². The molecule has 0 saturated carbocycles. The predicted octanol–water partition coefficient (Wildman–Crippen LogP) is 3.24. The summed E-state index contributed by atoms with van der Waals surface area (Å²) in [6, 6.07) is 16.5. The van der Waals surface area contributed by atoms with E-state index in [0.29, 0.717) is 18.1 Å². The Morgan fingerprint density at radius 2 is 1.88 bits per heavy atom. The van der Waals surface area contributed by atoms with Crippen molar-refractivity contribution in [1.82, 2.24) is 10.2 Å². The first kappa shape index (κ1) is 15.9. The molecular formula is C18H16N2O4. The van der Waals surface area contributed by atoms with E-state index in [2.05, 4.69) is 10.2 Å². The van der Waals surface area contributed by atoms with Crippen LogP contribution in [-0.2, 0) is 22.7 Å². The summed E-state index contributed by atoms with van der Waals surface area (Å²) in [7, 11) is 1.60. The van der Waals surface area contributed by atoms with E-state index in [9.17, 15) is 4.79 Å². The minimum atomic E-state index is -0.451. The van der Waals surface area contributed by atoms with Crippen molar-refractivity contribution in [3.05, 3.63) is 71.6 Å². The Bertz CT molecular complexity index is 815. The van der Waals surface area contributed by atoms with E-state index in [4.69, 9.17) is 13.9 Å². The number of hydrogen-bond donors (Lipinski definition) is 0. The third-order valence-corrected chi connectivity index (χ3v) is 3.29. The van der Waals surface area contributed by atoms with Crippen LogP contribution in [0.1, 0.15) is 21.8 Å². The highest BCUT2D eigenvalue weighted by atomic mass is 16.5. The summed E-state index contributed by atoms with van der Waals surface area (Å²) in [5.74, 6) is 0.186. The lowest BCUT2D eigenvalue weighted by Crippen LogP contribution is -2.06. The van der Waals surface area contributed by atoms with E-state index in [1.165, 1.54) is 0 Å². The third-order valence-electron chi connectivity index (χ3n) is 3.29. The lowest BCUT2D eigenvalue weighted by atomic mass is 10.1. The molecule has 1 aromatic heterocycles. The van der Waals surface area contributed by atoms with Crippen LogP contribution in [0.15, 0.2) is 59.0 Å². The molecule has 0 aliphatic heterocycles. The van der Waals surface area contributed by atoms with Crippen molar-refractivity contribution in [1.29, 1.82) is 0 Å². The van der Waals surface area contributed by atoms with Crippen molar-refractivity contribution < 1.29 is 18.7 Å². The summed E-state index contributed by atoms with van der Waals surface area (Å²) >= 11 is 0. The molecule has 0 fully saturated rings. The Hall–Kier alpha value is -2.99. The number of rotatable bonds is 6. The number of aromatic nitrogens is 2. The van der Waals surface area contributed by atoms with E-state index in [1.807, 2.05) is 36.4 Å². The average molecular weight is 324 g/mol. The normalized spacial score (nSPS) is 10.5. The highest BCUT2D eigenvalue weighted by molar-refractivity contribution is 5.89. The molecule has 0 N–H and O–H groups in total. The summed E-state index contributed by atoms with van der Waals surface area (Å²) in [4.78, 5) is 12.1. The van der Waals surface area contributed by atoms with Gasteiger partial charge >= 0.3 is 5.97 Å². The van der Waals surface area contributed by atoms with Gasteiger partial charge in [-0.05, 0) is 29.8 Å². The molecule has 0 spiro atoms. The van der Waals surface area contributed by atoms with Crippen molar-refractivity contribution in [2.75, 3.05) is 7.11 Å². The van der Waals surface area contributed by atoms with Crippen LogP contribution in [0.2, 0.25) is 0 Å². The molecule has 24 heavy (non-hydrogen) atoms. The van der Waals surface area contributed by atoms with Gasteiger partial charge in [-0.15, -0.1) is 10.2 Å². The quantitative estimate of drug-likeness (QED) is 0.648. The number of esters is 1. The standard InChI is InChI=1S/C18H16N2O4/c1-22-11-13-6-5-9-15(10-13)18(21)23-12-16-19-20-17(24-16)14-7-3-2-4-8-14/h2-10H,11-12H2,1H3. The first-order valence-corrected chi connectivity index (χ1v) is 7.39. The van der Waals surface area contributed by atoms with Crippen LogP contribution in [0.4, 0.5) is 0 Å². The zero-order valence-electron chi connectivity index (χ0n) is 13.1. The summed E-state index contributed by atoms with van der Waals surface area (Å²) in [6.07, 6.45) is 0. The molecular weight excluding hydrogens is 308 g/mol. The fourth-order valence-electron chi connectivity index (χ4n) is 2.17. The Labute approximate surface area is 139 Å². The van der Waals surface area contributed by atoms with Gasteiger partial charge in [0.05, 0.1) is 12.2 Å². The van der Waals surface area contributed by atoms with Gasteiger partial charge in [0.2, 0.25) is 5.89 Å². The van der Waals surface area contributed by atoms with Gasteiger partial charge in [-0.2, -0.15) is 0 Å². The van der Waals surface area contributed by atoms with Gasteiger partial charge in [0.25, 0.3) is 5.89 Å². The summed E-state index contributed by atoms with van der Waals surface area (Å²) in [5.41, 5.74) is 2.17. The zero-order chi connectivity index (χ0) is 16.8. The molecule has 6 heteroatoms. The van der Waals surface area contributed by atoms with Crippen molar-refractivity contribution >= 4 is 5.97 Å².